The molecule has 0 spiro atoms. The lowest BCUT2D eigenvalue weighted by Gasteiger charge is -2.09. The van der Waals surface area contributed by atoms with E-state index in [1.54, 1.807) is 30.3 Å². The molecule has 0 unspecified atom stereocenters. The number of hydrogen-bond donors (Lipinski definition) is 4. The first-order chi connectivity index (χ1) is 10.3. The van der Waals surface area contributed by atoms with Crippen LogP contribution in [-0.2, 0) is 20.7 Å². The van der Waals surface area contributed by atoms with Gasteiger partial charge in [-0.05, 0) is 5.56 Å². The van der Waals surface area contributed by atoms with Gasteiger partial charge in [-0.15, -0.1) is 0 Å². The minimum Gasteiger partial charge on any atom is -0.479 e. The van der Waals surface area contributed by atoms with E-state index in [4.69, 9.17) is 19.6 Å². The van der Waals surface area contributed by atoms with E-state index in [-0.39, 0.29) is 6.61 Å². The Hall–Kier alpha value is -2.33. The molecule has 0 aliphatic heterocycles. The fraction of sp³-hybridized carbons (Fsp3) is 0.231. The zero-order valence-corrected chi connectivity index (χ0v) is 12.2. The standard InChI is InChI=1S/C13H14NO7P/c15-12(16)11(7-4-8-22(18,19)20)14-13(17)21-9-10-5-2-1-3-6-10/h1-3,5-6,11H,8-9H2,(H,14,17)(H,15,16)(H2,18,19,20)/t11-/m0/s1. The number of amides is 1. The van der Waals surface area contributed by atoms with E-state index in [1.165, 1.54) is 0 Å². The lowest BCUT2D eigenvalue weighted by atomic mass is 10.2. The predicted octanol–water partition coefficient (Wildman–Crippen LogP) is 0.547. The summed E-state index contributed by atoms with van der Waals surface area (Å²) < 4.78 is 15.4. The fourth-order valence-electron chi connectivity index (χ4n) is 1.29. The number of alkyl carbamates (subject to hydrolysis) is 1. The van der Waals surface area contributed by atoms with Crippen LogP contribution in [0.5, 0.6) is 0 Å². The number of carbonyl (C=O) groups is 2. The third kappa shape index (κ3) is 7.45. The molecule has 0 aliphatic carbocycles. The van der Waals surface area contributed by atoms with Crippen molar-refractivity contribution in [3.63, 3.8) is 0 Å². The monoisotopic (exact) mass is 327 g/mol. The van der Waals surface area contributed by atoms with E-state index in [0.29, 0.717) is 0 Å². The van der Waals surface area contributed by atoms with Crippen molar-refractivity contribution < 1.29 is 33.8 Å². The SMILES string of the molecule is O=C(N[C@@H](C#CCP(=O)(O)O)C(=O)O)OCc1ccccc1. The van der Waals surface area contributed by atoms with Gasteiger partial charge in [-0.2, -0.15) is 0 Å². The highest BCUT2D eigenvalue weighted by Gasteiger charge is 2.18. The molecule has 22 heavy (non-hydrogen) atoms. The molecular weight excluding hydrogens is 313 g/mol. The lowest BCUT2D eigenvalue weighted by Crippen LogP contribution is -2.40. The van der Waals surface area contributed by atoms with E-state index < -0.39 is 31.9 Å². The second-order valence-electron chi connectivity index (χ2n) is 4.12. The molecule has 0 fully saturated rings. The molecule has 0 bridgehead atoms. The van der Waals surface area contributed by atoms with Gasteiger partial charge in [-0.25, -0.2) is 9.59 Å². The molecule has 1 rings (SSSR count). The number of nitrogens with one attached hydrogen (secondary N) is 1. The molecule has 0 heterocycles. The quantitative estimate of drug-likeness (QED) is 0.458. The minimum absolute atomic E-state index is 0.0467. The average molecular weight is 327 g/mol. The Morgan fingerprint density at radius 1 is 1.27 bits per heavy atom. The van der Waals surface area contributed by atoms with Crippen LogP contribution in [0.2, 0.25) is 0 Å². The van der Waals surface area contributed by atoms with Gasteiger partial charge in [-0.1, -0.05) is 42.2 Å². The Kier molecular flexibility index (Phi) is 6.60. The van der Waals surface area contributed by atoms with Gasteiger partial charge in [0.2, 0.25) is 0 Å². The Bertz CT molecular complexity index is 629. The van der Waals surface area contributed by atoms with Gasteiger partial charge in [0.05, 0.1) is 0 Å². The first-order valence-corrected chi connectivity index (χ1v) is 7.80. The number of benzene rings is 1. The molecule has 0 saturated heterocycles. The average Bonchev–Trinajstić information content (AvgIpc) is 2.43. The van der Waals surface area contributed by atoms with E-state index in [2.05, 4.69) is 5.92 Å². The largest absolute Gasteiger partial charge is 0.479 e. The van der Waals surface area contributed by atoms with Crippen LogP contribution in [0.25, 0.3) is 0 Å². The van der Waals surface area contributed by atoms with Crippen molar-refractivity contribution >= 4 is 19.7 Å². The maximum Gasteiger partial charge on any atom is 0.408 e. The van der Waals surface area contributed by atoms with Crippen LogP contribution in [0.1, 0.15) is 5.56 Å². The molecule has 0 saturated carbocycles. The summed E-state index contributed by atoms with van der Waals surface area (Å²) in [6.07, 6.45) is -1.79. The molecule has 0 radical (unpaired) electrons. The number of aliphatic carboxylic acids is 1. The molecule has 4 N–H and O–H groups in total. The lowest BCUT2D eigenvalue weighted by molar-refractivity contribution is -0.137. The number of carboxylic acid groups (broad SMARTS) is 1. The molecule has 118 valence electrons. The molecule has 1 aromatic rings. The van der Waals surface area contributed by atoms with Crippen LogP contribution in [0.3, 0.4) is 0 Å². The maximum absolute atomic E-state index is 11.5. The van der Waals surface area contributed by atoms with Crippen LogP contribution in [0.4, 0.5) is 4.79 Å². The smallest absolute Gasteiger partial charge is 0.408 e. The highest BCUT2D eigenvalue weighted by Crippen LogP contribution is 2.32. The van der Waals surface area contributed by atoms with Gasteiger partial charge >= 0.3 is 19.7 Å². The van der Waals surface area contributed by atoms with Crippen molar-refractivity contribution in [2.24, 2.45) is 0 Å². The number of ether oxygens (including phenoxy) is 1. The maximum atomic E-state index is 11.5. The van der Waals surface area contributed by atoms with Crippen LogP contribution >= 0.6 is 7.60 Å². The third-order valence-corrected chi connectivity index (χ3v) is 2.82. The Morgan fingerprint density at radius 3 is 2.45 bits per heavy atom. The van der Waals surface area contributed by atoms with Gasteiger partial charge in [-0.3, -0.25) is 9.88 Å². The molecule has 1 aromatic carbocycles. The van der Waals surface area contributed by atoms with Gasteiger partial charge in [0.25, 0.3) is 0 Å². The van der Waals surface area contributed by atoms with Crippen molar-refractivity contribution in [1.82, 2.24) is 5.32 Å². The summed E-state index contributed by atoms with van der Waals surface area (Å²) in [4.78, 5) is 39.6. The van der Waals surface area contributed by atoms with E-state index >= 15 is 0 Å². The summed E-state index contributed by atoms with van der Waals surface area (Å²) in [6, 6.07) is 7.13. The van der Waals surface area contributed by atoms with E-state index in [0.717, 1.165) is 5.56 Å². The van der Waals surface area contributed by atoms with E-state index in [1.807, 2.05) is 11.2 Å². The molecular formula is C13H14NO7P. The summed E-state index contributed by atoms with van der Waals surface area (Å²) in [5, 5.41) is 10.9. The van der Waals surface area contributed by atoms with Crippen molar-refractivity contribution in [2.45, 2.75) is 12.6 Å². The highest BCUT2D eigenvalue weighted by molar-refractivity contribution is 7.52. The molecule has 0 aliphatic rings. The first kappa shape index (κ1) is 17.7. The summed E-state index contributed by atoms with van der Waals surface area (Å²) in [5.74, 6) is 2.61. The zero-order valence-electron chi connectivity index (χ0n) is 11.3. The van der Waals surface area contributed by atoms with Crippen LogP contribution < -0.4 is 5.32 Å². The summed E-state index contributed by atoms with van der Waals surface area (Å²) in [6.45, 7) is -0.0467. The molecule has 8 nitrogen and oxygen atoms in total. The molecule has 1 atom stereocenters. The van der Waals surface area contributed by atoms with Crippen LogP contribution in [-0.4, -0.2) is 39.2 Å². The second-order valence-corrected chi connectivity index (χ2v) is 5.77. The zero-order chi connectivity index (χ0) is 16.6. The first-order valence-electron chi connectivity index (χ1n) is 6.01. The van der Waals surface area contributed by atoms with Crippen molar-refractivity contribution in [3.8, 4) is 11.8 Å². The summed E-state index contributed by atoms with van der Waals surface area (Å²) in [7, 11) is -4.35. The van der Waals surface area contributed by atoms with Gasteiger partial charge in [0, 0.05) is 0 Å². The van der Waals surface area contributed by atoms with Gasteiger partial charge < -0.3 is 19.6 Å². The van der Waals surface area contributed by atoms with Crippen LogP contribution in [0, 0.1) is 11.8 Å². The number of carbonyl (C=O) groups excluding carboxylic acids is 1. The van der Waals surface area contributed by atoms with Crippen molar-refractivity contribution in [3.05, 3.63) is 35.9 Å². The molecule has 9 heteroatoms. The number of rotatable bonds is 5. The Balaban J connectivity index is 2.54. The summed E-state index contributed by atoms with van der Waals surface area (Å²) >= 11 is 0. The number of carboxylic acids is 1. The topological polar surface area (TPSA) is 133 Å². The third-order valence-electron chi connectivity index (χ3n) is 2.25. The Labute approximate surface area is 126 Å². The Morgan fingerprint density at radius 2 is 1.91 bits per heavy atom. The fourth-order valence-corrected chi connectivity index (χ4v) is 1.59. The molecule has 0 aromatic heterocycles. The van der Waals surface area contributed by atoms with Crippen LogP contribution in [0.15, 0.2) is 30.3 Å². The number of hydrogen-bond acceptors (Lipinski definition) is 4. The predicted molar refractivity (Wildman–Crippen MR) is 75.9 cm³/mol. The second kappa shape index (κ2) is 8.20. The molecule has 1 amide bonds. The summed E-state index contributed by atoms with van der Waals surface area (Å²) in [5.41, 5.74) is 0.720. The van der Waals surface area contributed by atoms with Gasteiger partial charge in [0.15, 0.2) is 6.04 Å². The normalized spacial score (nSPS) is 11.7. The minimum atomic E-state index is -4.35. The highest BCUT2D eigenvalue weighted by atomic mass is 31.2. The van der Waals surface area contributed by atoms with Crippen molar-refractivity contribution in [1.29, 1.82) is 0 Å². The van der Waals surface area contributed by atoms with E-state index in [9.17, 15) is 14.2 Å². The van der Waals surface area contributed by atoms with Gasteiger partial charge in [0.1, 0.15) is 12.8 Å². The van der Waals surface area contributed by atoms with Crippen molar-refractivity contribution in [2.75, 3.05) is 6.16 Å².